The highest BCUT2D eigenvalue weighted by molar-refractivity contribution is 7.99. The highest BCUT2D eigenvalue weighted by Gasteiger charge is 2.04. The fraction of sp³-hybridized carbons (Fsp3) is 0.611. The zero-order chi connectivity index (χ0) is 16.2. The Balaban J connectivity index is 2.03. The Labute approximate surface area is 139 Å². The molecule has 0 bridgehead atoms. The third-order valence-corrected chi connectivity index (χ3v) is 4.69. The fourth-order valence-corrected chi connectivity index (χ4v) is 3.04. The predicted octanol–water partition coefficient (Wildman–Crippen LogP) is 2.05. The van der Waals surface area contributed by atoms with E-state index in [2.05, 4.69) is 50.5 Å². The van der Waals surface area contributed by atoms with Gasteiger partial charge in [0.25, 0.3) is 0 Å². The van der Waals surface area contributed by atoms with Crippen LogP contribution in [0.25, 0.3) is 0 Å². The van der Waals surface area contributed by atoms with Crippen molar-refractivity contribution in [1.29, 1.82) is 0 Å². The normalized spacial score (nSPS) is 12.1. The molecule has 0 fully saturated rings. The molecule has 0 radical (unpaired) electrons. The Morgan fingerprint density at radius 2 is 1.86 bits per heavy atom. The summed E-state index contributed by atoms with van der Waals surface area (Å²) in [6.45, 7) is 7.48. The van der Waals surface area contributed by atoms with Gasteiger partial charge in [0.2, 0.25) is 5.91 Å². The van der Waals surface area contributed by atoms with E-state index in [1.54, 1.807) is 16.7 Å². The summed E-state index contributed by atoms with van der Waals surface area (Å²) in [5, 5.41) is 3.02. The van der Waals surface area contributed by atoms with E-state index in [0.29, 0.717) is 5.75 Å². The molecule has 2 N–H and O–H groups in total. The number of hydrogen-bond acceptors (Lipinski definition) is 2. The summed E-state index contributed by atoms with van der Waals surface area (Å²) in [5.41, 5.74) is 2.56. The van der Waals surface area contributed by atoms with E-state index in [9.17, 15) is 4.79 Å². The van der Waals surface area contributed by atoms with Crippen LogP contribution in [0.1, 0.15) is 37.3 Å². The zero-order valence-corrected chi connectivity index (χ0v) is 15.1. The van der Waals surface area contributed by atoms with E-state index < -0.39 is 0 Å². The molecule has 0 spiro atoms. The Kier molecular flexibility index (Phi) is 10.0. The molecule has 0 aliphatic carbocycles. The molecule has 22 heavy (non-hydrogen) atoms. The monoisotopic (exact) mass is 323 g/mol. The first-order valence-electron chi connectivity index (χ1n) is 8.33. The average Bonchev–Trinajstić information content (AvgIpc) is 2.51. The van der Waals surface area contributed by atoms with Crippen molar-refractivity contribution in [3.8, 4) is 0 Å². The Morgan fingerprint density at radius 1 is 1.18 bits per heavy atom. The van der Waals surface area contributed by atoms with Gasteiger partial charge in [-0.1, -0.05) is 43.2 Å². The summed E-state index contributed by atoms with van der Waals surface area (Å²) in [5.74, 6) is 1.60. The van der Waals surface area contributed by atoms with Gasteiger partial charge in [-0.3, -0.25) is 4.79 Å². The summed E-state index contributed by atoms with van der Waals surface area (Å²) in [6.07, 6.45) is 3.60. The molecule has 124 valence electrons. The number of benzene rings is 1. The van der Waals surface area contributed by atoms with E-state index >= 15 is 0 Å². The molecule has 1 aromatic carbocycles. The number of hydrogen-bond donors (Lipinski definition) is 2. The van der Waals surface area contributed by atoms with Crippen molar-refractivity contribution in [2.24, 2.45) is 0 Å². The van der Waals surface area contributed by atoms with Crippen LogP contribution in [0.2, 0.25) is 0 Å². The Bertz CT molecular complexity index is 420. The second-order valence-electron chi connectivity index (χ2n) is 5.99. The lowest BCUT2D eigenvalue weighted by molar-refractivity contribution is -0.879. The van der Waals surface area contributed by atoms with Crippen molar-refractivity contribution in [2.45, 2.75) is 38.9 Å². The largest absolute Gasteiger partial charge is 0.355 e. The van der Waals surface area contributed by atoms with Crippen LogP contribution in [0, 0.1) is 6.92 Å². The van der Waals surface area contributed by atoms with Crippen LogP contribution in [0.4, 0.5) is 0 Å². The van der Waals surface area contributed by atoms with Gasteiger partial charge >= 0.3 is 0 Å². The minimum absolute atomic E-state index is 0.156. The number of amides is 1. The van der Waals surface area contributed by atoms with Crippen molar-refractivity contribution in [1.82, 2.24) is 5.32 Å². The second kappa shape index (κ2) is 11.6. The van der Waals surface area contributed by atoms with Crippen LogP contribution < -0.4 is 10.2 Å². The number of thioether (sulfide) groups is 1. The van der Waals surface area contributed by atoms with Crippen LogP contribution in [0.3, 0.4) is 0 Å². The van der Waals surface area contributed by atoms with E-state index in [-0.39, 0.29) is 5.91 Å². The van der Waals surface area contributed by atoms with Gasteiger partial charge in [0.1, 0.15) is 0 Å². The quantitative estimate of drug-likeness (QED) is 0.611. The highest BCUT2D eigenvalue weighted by Crippen LogP contribution is 2.12. The summed E-state index contributed by atoms with van der Waals surface area (Å²) in [6, 6.07) is 8.50. The van der Waals surface area contributed by atoms with Crippen molar-refractivity contribution in [3.63, 3.8) is 0 Å². The van der Waals surface area contributed by atoms with Gasteiger partial charge in [-0.15, -0.1) is 11.8 Å². The highest BCUT2D eigenvalue weighted by atomic mass is 32.2. The molecule has 1 atom stereocenters. The van der Waals surface area contributed by atoms with Crippen molar-refractivity contribution >= 4 is 17.7 Å². The van der Waals surface area contributed by atoms with Gasteiger partial charge in [0.15, 0.2) is 0 Å². The maximum Gasteiger partial charge on any atom is 0.230 e. The SMILES string of the molecule is CCCC[NH+](C)CCCNC(=O)CSCc1ccc(C)cc1. The van der Waals surface area contributed by atoms with Gasteiger partial charge in [-0.05, 0) is 18.9 Å². The van der Waals surface area contributed by atoms with Crippen LogP contribution in [0.5, 0.6) is 0 Å². The minimum Gasteiger partial charge on any atom is -0.355 e. The molecule has 0 aromatic heterocycles. The number of carbonyl (C=O) groups excluding carboxylic acids is 1. The number of aryl methyl sites for hydroxylation is 1. The van der Waals surface area contributed by atoms with Gasteiger partial charge < -0.3 is 10.2 Å². The minimum atomic E-state index is 0.156. The first kappa shape index (κ1) is 19.0. The predicted molar refractivity (Wildman–Crippen MR) is 96.5 cm³/mol. The Morgan fingerprint density at radius 3 is 2.55 bits per heavy atom. The lowest BCUT2D eigenvalue weighted by atomic mass is 10.2. The summed E-state index contributed by atoms with van der Waals surface area (Å²) in [7, 11) is 2.23. The maximum absolute atomic E-state index is 11.8. The van der Waals surface area contributed by atoms with Crippen LogP contribution in [-0.2, 0) is 10.5 Å². The van der Waals surface area contributed by atoms with Crippen LogP contribution in [0.15, 0.2) is 24.3 Å². The molecule has 0 saturated carbocycles. The van der Waals surface area contributed by atoms with E-state index in [1.165, 1.54) is 30.5 Å². The summed E-state index contributed by atoms with van der Waals surface area (Å²) >= 11 is 1.68. The van der Waals surface area contributed by atoms with E-state index in [4.69, 9.17) is 0 Å². The van der Waals surface area contributed by atoms with Gasteiger partial charge in [0.05, 0.1) is 25.9 Å². The zero-order valence-electron chi connectivity index (χ0n) is 14.3. The molecule has 1 rings (SSSR count). The average molecular weight is 324 g/mol. The number of carbonyl (C=O) groups is 1. The molecule has 0 aliphatic heterocycles. The molecule has 1 aromatic rings. The number of unbranched alkanes of at least 4 members (excludes halogenated alkanes) is 1. The molecule has 0 saturated heterocycles. The topological polar surface area (TPSA) is 33.5 Å². The van der Waals surface area contributed by atoms with Gasteiger partial charge in [0, 0.05) is 18.7 Å². The fourth-order valence-electron chi connectivity index (χ4n) is 2.22. The van der Waals surface area contributed by atoms with Crippen molar-refractivity contribution in [2.75, 3.05) is 32.4 Å². The van der Waals surface area contributed by atoms with E-state index in [1.807, 2.05) is 0 Å². The molecule has 1 amide bonds. The maximum atomic E-state index is 11.8. The van der Waals surface area contributed by atoms with Gasteiger partial charge in [-0.2, -0.15) is 0 Å². The third-order valence-electron chi connectivity index (χ3n) is 3.68. The van der Waals surface area contributed by atoms with E-state index in [0.717, 1.165) is 25.3 Å². The lowest BCUT2D eigenvalue weighted by Gasteiger charge is -2.13. The standard InChI is InChI=1S/C18H30N2OS/c1-4-5-12-20(3)13-6-11-19-18(21)15-22-14-17-9-7-16(2)8-10-17/h7-10H,4-6,11-15H2,1-3H3,(H,19,21)/p+1. The molecular weight excluding hydrogens is 292 g/mol. The molecule has 0 heterocycles. The third kappa shape index (κ3) is 9.11. The number of nitrogens with one attached hydrogen (secondary N) is 2. The van der Waals surface area contributed by atoms with Crippen molar-refractivity contribution in [3.05, 3.63) is 35.4 Å². The van der Waals surface area contributed by atoms with Crippen LogP contribution in [-0.4, -0.2) is 38.3 Å². The van der Waals surface area contributed by atoms with Crippen molar-refractivity contribution < 1.29 is 9.69 Å². The number of rotatable bonds is 11. The molecule has 4 heteroatoms. The molecule has 0 aliphatic rings. The first-order chi connectivity index (χ1) is 10.6. The smallest absolute Gasteiger partial charge is 0.230 e. The summed E-state index contributed by atoms with van der Waals surface area (Å²) in [4.78, 5) is 13.3. The Hall–Kier alpha value is -1.00. The lowest BCUT2D eigenvalue weighted by Crippen LogP contribution is -3.09. The molecule has 3 nitrogen and oxygen atoms in total. The first-order valence-corrected chi connectivity index (χ1v) is 9.48. The molecular formula is C18H31N2OS+. The second-order valence-corrected chi connectivity index (χ2v) is 6.98. The van der Waals surface area contributed by atoms with Gasteiger partial charge in [-0.25, -0.2) is 0 Å². The number of quaternary nitrogens is 1. The summed E-state index contributed by atoms with van der Waals surface area (Å²) < 4.78 is 0. The van der Waals surface area contributed by atoms with Crippen LogP contribution >= 0.6 is 11.8 Å². The molecule has 1 unspecified atom stereocenters.